The molecule has 0 aromatic heterocycles. The molecule has 13 N–H and O–H groups in total. The Morgan fingerprint density at radius 2 is 1.31 bits per heavy atom. The molecule has 9 atom stereocenters. The zero-order valence-electron chi connectivity index (χ0n) is 30.4. The fourth-order valence-corrected chi connectivity index (χ4v) is 6.32. The molecular formula is C34H50N8O13. The van der Waals surface area contributed by atoms with E-state index in [1.807, 2.05) is 0 Å². The third-order valence-corrected chi connectivity index (χ3v) is 9.37. The monoisotopic (exact) mass is 778 g/mol. The minimum absolute atomic E-state index is 0.0617. The van der Waals surface area contributed by atoms with E-state index in [4.69, 9.17) is 11.5 Å². The van der Waals surface area contributed by atoms with Crippen LogP contribution in [0.25, 0.3) is 0 Å². The number of phenols is 1. The number of amides is 7. The molecule has 0 spiro atoms. The van der Waals surface area contributed by atoms with Crippen LogP contribution in [0.2, 0.25) is 0 Å². The molecule has 0 bridgehead atoms. The zero-order valence-corrected chi connectivity index (χ0v) is 30.4. The second-order valence-corrected chi connectivity index (χ2v) is 13.6. The van der Waals surface area contributed by atoms with Gasteiger partial charge in [0.25, 0.3) is 0 Å². The third-order valence-electron chi connectivity index (χ3n) is 9.37. The van der Waals surface area contributed by atoms with Gasteiger partial charge in [0.15, 0.2) is 0 Å². The topological polar surface area (TPSA) is 344 Å². The first-order chi connectivity index (χ1) is 25.9. The number of aromatic hydroxyl groups is 1. The lowest BCUT2D eigenvalue weighted by molar-refractivity contribution is -0.152. The van der Waals surface area contributed by atoms with Crippen molar-refractivity contribution in [2.45, 2.75) is 107 Å². The molecule has 0 radical (unpaired) electrons. The van der Waals surface area contributed by atoms with Gasteiger partial charge in [0, 0.05) is 19.5 Å². The molecule has 2 heterocycles. The summed E-state index contributed by atoms with van der Waals surface area (Å²) in [6, 6.07) is -4.85. The molecule has 0 aliphatic carbocycles. The Bertz CT molecular complexity index is 1590. The van der Waals surface area contributed by atoms with Crippen molar-refractivity contribution in [2.24, 2.45) is 11.5 Å². The molecule has 21 nitrogen and oxygen atoms in total. The van der Waals surface area contributed by atoms with E-state index in [1.165, 1.54) is 43.0 Å². The van der Waals surface area contributed by atoms with E-state index in [0.29, 0.717) is 18.4 Å². The van der Waals surface area contributed by atoms with Gasteiger partial charge in [0.2, 0.25) is 41.4 Å². The van der Waals surface area contributed by atoms with Crippen molar-refractivity contribution in [3.63, 3.8) is 0 Å². The molecule has 3 rings (SSSR count). The second-order valence-electron chi connectivity index (χ2n) is 13.6. The van der Waals surface area contributed by atoms with Crippen molar-refractivity contribution in [1.29, 1.82) is 0 Å². The summed E-state index contributed by atoms with van der Waals surface area (Å²) in [5.74, 6) is -8.12. The van der Waals surface area contributed by atoms with Crippen LogP contribution in [0, 0.1) is 0 Å². The van der Waals surface area contributed by atoms with Crippen molar-refractivity contribution >= 4 is 47.3 Å². The molecule has 55 heavy (non-hydrogen) atoms. The zero-order chi connectivity index (χ0) is 41.1. The molecule has 0 unspecified atom stereocenters. The Labute approximate surface area is 315 Å². The summed E-state index contributed by atoms with van der Waals surface area (Å²) in [7, 11) is 0. The van der Waals surface area contributed by atoms with Gasteiger partial charge in [-0.1, -0.05) is 12.1 Å². The SMILES string of the molecule is C[C@@H](O)[C@H](N)C(=O)N[C@H](C(=O)N[C@@H](Cc1ccc(O)cc1)C(=O)N[C@@H](CC(N)=O)C(=O)N[C@@H](CO)C(=O)N1CCC[C@H]1C(=O)N1CCC[C@H]1C(=O)O)[C@@H](C)O. The first kappa shape index (κ1) is 44.0. The highest BCUT2D eigenvalue weighted by Crippen LogP contribution is 2.25. The maximum absolute atomic E-state index is 13.8. The van der Waals surface area contributed by atoms with Crippen LogP contribution in [0.15, 0.2) is 24.3 Å². The Balaban J connectivity index is 1.82. The number of hydrogen-bond donors (Lipinski definition) is 11. The van der Waals surface area contributed by atoms with Crippen molar-refractivity contribution < 1.29 is 63.9 Å². The fourth-order valence-electron chi connectivity index (χ4n) is 6.32. The number of carbonyl (C=O) groups is 8. The van der Waals surface area contributed by atoms with Gasteiger partial charge in [-0.2, -0.15) is 0 Å². The number of nitrogens with two attached hydrogens (primary N) is 2. The number of aliphatic hydroxyl groups is 3. The fraction of sp³-hybridized carbons (Fsp3) is 0.588. The molecule has 304 valence electrons. The van der Waals surface area contributed by atoms with Crippen molar-refractivity contribution in [3.05, 3.63) is 29.8 Å². The number of nitrogens with one attached hydrogen (secondary N) is 4. The van der Waals surface area contributed by atoms with Gasteiger partial charge in [0.05, 0.1) is 25.2 Å². The number of nitrogens with zero attached hydrogens (tertiary/aromatic N) is 2. The van der Waals surface area contributed by atoms with Crippen LogP contribution >= 0.6 is 0 Å². The number of likely N-dealkylation sites (tertiary alicyclic amines) is 2. The first-order valence-corrected chi connectivity index (χ1v) is 17.7. The van der Waals surface area contributed by atoms with Crippen molar-refractivity contribution in [1.82, 2.24) is 31.1 Å². The number of rotatable bonds is 18. The summed E-state index contributed by atoms with van der Waals surface area (Å²) >= 11 is 0. The lowest BCUT2D eigenvalue weighted by Gasteiger charge is -2.32. The molecule has 2 aliphatic heterocycles. The van der Waals surface area contributed by atoms with E-state index in [9.17, 15) is 63.9 Å². The van der Waals surface area contributed by atoms with Gasteiger partial charge in [0.1, 0.15) is 48.0 Å². The smallest absolute Gasteiger partial charge is 0.326 e. The summed E-state index contributed by atoms with van der Waals surface area (Å²) in [6.45, 7) is 1.67. The van der Waals surface area contributed by atoms with Gasteiger partial charge in [-0.25, -0.2) is 4.79 Å². The highest BCUT2D eigenvalue weighted by Gasteiger charge is 2.44. The van der Waals surface area contributed by atoms with Crippen LogP contribution in [0.4, 0.5) is 0 Å². The first-order valence-electron chi connectivity index (χ1n) is 17.7. The Kier molecular flexibility index (Phi) is 15.8. The van der Waals surface area contributed by atoms with Crippen LogP contribution in [0.1, 0.15) is 51.5 Å². The van der Waals surface area contributed by atoms with Crippen LogP contribution in [0.3, 0.4) is 0 Å². The maximum Gasteiger partial charge on any atom is 0.326 e. The molecule has 2 aliphatic rings. The Morgan fingerprint density at radius 3 is 1.85 bits per heavy atom. The van der Waals surface area contributed by atoms with Crippen LogP contribution in [-0.4, -0.2) is 157 Å². The van der Waals surface area contributed by atoms with Gasteiger partial charge in [-0.05, 0) is 57.2 Å². The molecule has 7 amide bonds. The predicted molar refractivity (Wildman–Crippen MR) is 189 cm³/mol. The maximum atomic E-state index is 13.8. The normalized spacial score (nSPS) is 20.5. The average molecular weight is 779 g/mol. The lowest BCUT2D eigenvalue weighted by atomic mass is 10.0. The number of carbonyl (C=O) groups excluding carboxylic acids is 7. The van der Waals surface area contributed by atoms with Crippen molar-refractivity contribution in [3.8, 4) is 5.75 Å². The lowest BCUT2D eigenvalue weighted by Crippen LogP contribution is -2.62. The number of aliphatic hydroxyl groups excluding tert-OH is 3. The Hall–Kier alpha value is -5.38. The summed E-state index contributed by atoms with van der Waals surface area (Å²) in [5.41, 5.74) is 11.4. The van der Waals surface area contributed by atoms with Crippen LogP contribution < -0.4 is 32.7 Å². The van der Waals surface area contributed by atoms with Crippen molar-refractivity contribution in [2.75, 3.05) is 19.7 Å². The average Bonchev–Trinajstić information content (AvgIpc) is 3.83. The molecule has 1 aromatic carbocycles. The molecule has 2 saturated heterocycles. The number of aliphatic carboxylic acids is 1. The third kappa shape index (κ3) is 11.8. The van der Waals surface area contributed by atoms with Gasteiger partial charge in [-0.15, -0.1) is 0 Å². The van der Waals surface area contributed by atoms with E-state index < -0.39 is 115 Å². The van der Waals surface area contributed by atoms with Gasteiger partial charge in [-0.3, -0.25) is 33.6 Å². The van der Waals surface area contributed by atoms with E-state index in [1.54, 1.807) is 0 Å². The molecule has 1 aromatic rings. The minimum atomic E-state index is -1.78. The predicted octanol–water partition coefficient (Wildman–Crippen LogP) is -5.10. The summed E-state index contributed by atoms with van der Waals surface area (Å²) in [6.07, 6.45) is -2.67. The van der Waals surface area contributed by atoms with E-state index in [-0.39, 0.29) is 38.1 Å². The number of phenolic OH excluding ortho intramolecular Hbond substituents is 1. The molecule has 0 saturated carbocycles. The van der Waals surface area contributed by atoms with Crippen LogP contribution in [-0.2, 0) is 44.8 Å². The van der Waals surface area contributed by atoms with Crippen LogP contribution in [0.5, 0.6) is 5.75 Å². The number of carboxylic acid groups (broad SMARTS) is 1. The molecule has 2 fully saturated rings. The number of carboxylic acids is 1. The number of benzene rings is 1. The van der Waals surface area contributed by atoms with E-state index >= 15 is 0 Å². The standard InChI is InChI=1S/C34H50N8O13/c1-16(44)26(36)30(50)40-27(17(2)45)31(51)38-20(13-18-7-9-19(46)10-8-18)28(48)37-21(14-25(35)47)29(49)39-22(15-43)32(52)41-11-3-5-23(41)33(53)42-12-4-6-24(42)34(54)55/h7-10,16-17,20-24,26-27,43-46H,3-6,11-15,36H2,1-2H3,(H2,35,47)(H,37,48)(H,38,51)(H,39,49)(H,40,50)(H,54,55)/t16-,17-,20+,21+,22+,23+,24+,26+,27+/m1/s1. The minimum Gasteiger partial charge on any atom is -0.508 e. The number of primary amides is 1. The Morgan fingerprint density at radius 1 is 0.764 bits per heavy atom. The quantitative estimate of drug-likeness (QED) is 0.0665. The highest BCUT2D eigenvalue weighted by molar-refractivity contribution is 5.98. The summed E-state index contributed by atoms with van der Waals surface area (Å²) in [4.78, 5) is 106. The van der Waals surface area contributed by atoms with E-state index in [2.05, 4.69) is 21.3 Å². The highest BCUT2D eigenvalue weighted by atomic mass is 16.4. The summed E-state index contributed by atoms with van der Waals surface area (Å²) in [5, 5.41) is 58.5. The molecular weight excluding hydrogens is 728 g/mol. The van der Waals surface area contributed by atoms with Gasteiger partial charge >= 0.3 is 5.97 Å². The molecule has 21 heteroatoms. The second kappa shape index (κ2) is 19.8. The number of hydrogen-bond acceptors (Lipinski definition) is 13. The summed E-state index contributed by atoms with van der Waals surface area (Å²) < 4.78 is 0. The van der Waals surface area contributed by atoms with Gasteiger partial charge < -0.3 is 68.1 Å². The van der Waals surface area contributed by atoms with E-state index in [0.717, 1.165) is 4.90 Å². The largest absolute Gasteiger partial charge is 0.508 e.